The molecule has 0 aliphatic heterocycles. The van der Waals surface area contributed by atoms with E-state index in [1.165, 1.54) is 0 Å². The van der Waals surface area contributed by atoms with Gasteiger partial charge in [-0.05, 0) is 48.2 Å². The van der Waals surface area contributed by atoms with E-state index in [1.54, 1.807) is 30.3 Å². The van der Waals surface area contributed by atoms with E-state index in [0.29, 0.717) is 11.4 Å². The maximum Gasteiger partial charge on any atom is 0.279 e. The van der Waals surface area contributed by atoms with Crippen LogP contribution < -0.4 is 10.9 Å². The second-order valence-electron chi connectivity index (χ2n) is 6.46. The number of halogens is 1. The van der Waals surface area contributed by atoms with Crippen molar-refractivity contribution < 1.29 is 9.90 Å². The molecule has 1 unspecified atom stereocenters. The van der Waals surface area contributed by atoms with Crippen molar-refractivity contribution in [1.29, 1.82) is 0 Å². The summed E-state index contributed by atoms with van der Waals surface area (Å²) in [7, 11) is 0. The van der Waals surface area contributed by atoms with Gasteiger partial charge in [-0.1, -0.05) is 48.0 Å². The second-order valence-corrected chi connectivity index (χ2v) is 7.37. The SMILES string of the molecule is CCC(C)c1ccccc1NC(=O)c1nn(-c2ccc(Br)cc2)c(=O)cc1O. The molecule has 6 nitrogen and oxygen atoms in total. The molecule has 1 atom stereocenters. The lowest BCUT2D eigenvalue weighted by atomic mass is 9.97. The van der Waals surface area contributed by atoms with E-state index in [2.05, 4.69) is 40.2 Å². The van der Waals surface area contributed by atoms with Crippen LogP contribution in [0.25, 0.3) is 5.69 Å². The van der Waals surface area contributed by atoms with Gasteiger partial charge in [0.05, 0.1) is 5.69 Å². The highest BCUT2D eigenvalue weighted by molar-refractivity contribution is 9.10. The van der Waals surface area contributed by atoms with Crippen LogP contribution >= 0.6 is 15.9 Å². The standard InChI is InChI=1S/C21H20BrN3O3/c1-3-13(2)16-6-4-5-7-17(16)23-21(28)20-18(26)12-19(27)25(24-20)15-10-8-14(22)9-11-15/h4-13,26H,3H2,1-2H3,(H,23,28). The van der Waals surface area contributed by atoms with Crippen LogP contribution in [-0.2, 0) is 0 Å². The highest BCUT2D eigenvalue weighted by atomic mass is 79.9. The highest BCUT2D eigenvalue weighted by Gasteiger charge is 2.19. The topological polar surface area (TPSA) is 84.2 Å². The number of benzene rings is 2. The van der Waals surface area contributed by atoms with Crippen LogP contribution in [0.5, 0.6) is 5.75 Å². The molecule has 1 heterocycles. The van der Waals surface area contributed by atoms with Crippen molar-refractivity contribution in [3.63, 3.8) is 0 Å². The lowest BCUT2D eigenvalue weighted by Gasteiger charge is -2.16. The lowest BCUT2D eigenvalue weighted by Crippen LogP contribution is -2.25. The molecular formula is C21H20BrN3O3. The van der Waals surface area contributed by atoms with Gasteiger partial charge < -0.3 is 10.4 Å². The van der Waals surface area contributed by atoms with E-state index < -0.39 is 17.2 Å². The molecule has 3 aromatic rings. The average Bonchev–Trinajstić information content (AvgIpc) is 2.68. The Morgan fingerprint density at radius 2 is 1.89 bits per heavy atom. The van der Waals surface area contributed by atoms with Gasteiger partial charge >= 0.3 is 0 Å². The van der Waals surface area contributed by atoms with E-state index in [1.807, 2.05) is 18.2 Å². The first-order valence-electron chi connectivity index (χ1n) is 8.90. The summed E-state index contributed by atoms with van der Waals surface area (Å²) in [5.41, 5.74) is 1.39. The minimum Gasteiger partial charge on any atom is -0.505 e. The van der Waals surface area contributed by atoms with Gasteiger partial charge in [0.1, 0.15) is 0 Å². The molecule has 1 aromatic heterocycles. The Hall–Kier alpha value is -2.93. The first kappa shape index (κ1) is 19.8. The summed E-state index contributed by atoms with van der Waals surface area (Å²) in [6, 6.07) is 15.4. The van der Waals surface area contributed by atoms with Gasteiger partial charge in [-0.25, -0.2) is 0 Å². The lowest BCUT2D eigenvalue weighted by molar-refractivity contribution is 0.101. The Labute approximate surface area is 171 Å². The fraction of sp³-hybridized carbons (Fsp3) is 0.190. The normalized spacial score (nSPS) is 11.8. The van der Waals surface area contributed by atoms with Crippen molar-refractivity contribution in [2.45, 2.75) is 26.2 Å². The molecule has 144 valence electrons. The van der Waals surface area contributed by atoms with Crippen LogP contribution in [0.1, 0.15) is 42.2 Å². The van der Waals surface area contributed by atoms with E-state index in [-0.39, 0.29) is 11.6 Å². The number of para-hydroxylation sites is 1. The number of carbonyl (C=O) groups is 1. The maximum atomic E-state index is 12.8. The minimum atomic E-state index is -0.584. The third kappa shape index (κ3) is 4.14. The summed E-state index contributed by atoms with van der Waals surface area (Å²) in [6.45, 7) is 4.15. The number of rotatable bonds is 5. The van der Waals surface area contributed by atoms with Gasteiger partial charge in [0.15, 0.2) is 11.4 Å². The molecule has 28 heavy (non-hydrogen) atoms. The zero-order chi connectivity index (χ0) is 20.3. The predicted octanol–water partition coefficient (Wildman–Crippen LogP) is 4.47. The van der Waals surface area contributed by atoms with Crippen LogP contribution in [-0.4, -0.2) is 20.8 Å². The smallest absolute Gasteiger partial charge is 0.279 e. The maximum absolute atomic E-state index is 12.8. The Morgan fingerprint density at radius 1 is 1.21 bits per heavy atom. The van der Waals surface area contributed by atoms with Crippen molar-refractivity contribution in [3.05, 3.63) is 80.7 Å². The van der Waals surface area contributed by atoms with E-state index in [4.69, 9.17) is 0 Å². The van der Waals surface area contributed by atoms with Crippen LogP contribution in [0, 0.1) is 0 Å². The van der Waals surface area contributed by atoms with Gasteiger partial charge in [-0.2, -0.15) is 9.78 Å². The number of hydrogen-bond donors (Lipinski definition) is 2. The van der Waals surface area contributed by atoms with Crippen molar-refractivity contribution in [3.8, 4) is 11.4 Å². The number of nitrogens with zero attached hydrogens (tertiary/aromatic N) is 2. The number of nitrogens with one attached hydrogen (secondary N) is 1. The first-order valence-corrected chi connectivity index (χ1v) is 9.69. The fourth-order valence-corrected chi connectivity index (χ4v) is 3.08. The van der Waals surface area contributed by atoms with Gasteiger partial charge in [0, 0.05) is 16.2 Å². The van der Waals surface area contributed by atoms with E-state index in [9.17, 15) is 14.7 Å². The second kappa shape index (κ2) is 8.39. The predicted molar refractivity (Wildman–Crippen MR) is 112 cm³/mol. The number of hydrogen-bond acceptors (Lipinski definition) is 4. The third-order valence-corrected chi connectivity index (χ3v) is 5.08. The fourth-order valence-electron chi connectivity index (χ4n) is 2.82. The quantitative estimate of drug-likeness (QED) is 0.611. The Balaban J connectivity index is 1.98. The van der Waals surface area contributed by atoms with Crippen molar-refractivity contribution >= 4 is 27.5 Å². The van der Waals surface area contributed by atoms with Crippen LogP contribution in [0.2, 0.25) is 0 Å². The molecule has 3 rings (SSSR count). The van der Waals surface area contributed by atoms with Crippen LogP contribution in [0.4, 0.5) is 5.69 Å². The molecule has 7 heteroatoms. The molecule has 0 bridgehead atoms. The zero-order valence-electron chi connectivity index (χ0n) is 15.5. The summed E-state index contributed by atoms with van der Waals surface area (Å²) < 4.78 is 1.93. The number of carbonyl (C=O) groups excluding carboxylic acids is 1. The first-order chi connectivity index (χ1) is 13.4. The molecule has 0 aliphatic rings. The molecule has 0 spiro atoms. The molecule has 0 saturated carbocycles. The van der Waals surface area contributed by atoms with E-state index in [0.717, 1.165) is 27.2 Å². The van der Waals surface area contributed by atoms with Crippen LogP contribution in [0.15, 0.2) is 63.9 Å². The molecule has 0 saturated heterocycles. The number of aromatic hydroxyl groups is 1. The van der Waals surface area contributed by atoms with Gasteiger partial charge in [-0.3, -0.25) is 9.59 Å². The zero-order valence-corrected chi connectivity index (χ0v) is 17.1. The minimum absolute atomic E-state index is 0.221. The third-order valence-electron chi connectivity index (χ3n) is 4.55. The van der Waals surface area contributed by atoms with Crippen LogP contribution in [0.3, 0.4) is 0 Å². The number of aromatic nitrogens is 2. The Kier molecular flexibility index (Phi) is 5.94. The monoisotopic (exact) mass is 441 g/mol. The van der Waals surface area contributed by atoms with Crippen molar-refractivity contribution in [1.82, 2.24) is 9.78 Å². The molecule has 0 radical (unpaired) electrons. The molecule has 2 N–H and O–H groups in total. The van der Waals surface area contributed by atoms with Gasteiger partial charge in [0.2, 0.25) is 0 Å². The van der Waals surface area contributed by atoms with E-state index >= 15 is 0 Å². The molecular weight excluding hydrogens is 422 g/mol. The molecule has 0 fully saturated rings. The van der Waals surface area contributed by atoms with Gasteiger partial charge in [-0.15, -0.1) is 0 Å². The summed E-state index contributed by atoms with van der Waals surface area (Å²) in [5, 5.41) is 17.0. The Morgan fingerprint density at radius 3 is 2.57 bits per heavy atom. The molecule has 2 aromatic carbocycles. The summed E-state index contributed by atoms with van der Waals surface area (Å²) in [4.78, 5) is 25.0. The number of anilines is 1. The van der Waals surface area contributed by atoms with Gasteiger partial charge in [0.25, 0.3) is 11.5 Å². The number of amides is 1. The Bertz CT molecular complexity index is 1060. The molecule has 1 amide bonds. The highest BCUT2D eigenvalue weighted by Crippen LogP contribution is 2.27. The summed E-state index contributed by atoms with van der Waals surface area (Å²) in [6.07, 6.45) is 0.921. The van der Waals surface area contributed by atoms with Crippen molar-refractivity contribution in [2.75, 3.05) is 5.32 Å². The summed E-state index contributed by atoms with van der Waals surface area (Å²) in [5.74, 6) is -0.786. The average molecular weight is 442 g/mol. The van der Waals surface area contributed by atoms with Crippen molar-refractivity contribution in [2.24, 2.45) is 0 Å². The largest absolute Gasteiger partial charge is 0.505 e. The summed E-state index contributed by atoms with van der Waals surface area (Å²) >= 11 is 3.34. The molecule has 0 aliphatic carbocycles.